The van der Waals surface area contributed by atoms with Crippen LogP contribution in [0.1, 0.15) is 17.3 Å². The molecule has 1 heterocycles. The molecule has 0 atom stereocenters. The molecule has 0 spiro atoms. The molecule has 0 radical (unpaired) electrons. The Labute approximate surface area is 124 Å². The number of hydrogen-bond donors (Lipinski definition) is 0. The van der Waals surface area contributed by atoms with Crippen LogP contribution in [-0.4, -0.2) is 62.5 Å². The van der Waals surface area contributed by atoms with Crippen LogP contribution in [-0.2, 0) is 14.6 Å². The number of nitrogens with zero attached hydrogens (tertiary/aromatic N) is 2. The molecule has 1 fully saturated rings. The maximum absolute atomic E-state index is 12.3. The Morgan fingerprint density at radius 2 is 1.43 bits per heavy atom. The second kappa shape index (κ2) is 5.85. The zero-order valence-electron chi connectivity index (χ0n) is 12.1. The van der Waals surface area contributed by atoms with Crippen molar-refractivity contribution in [3.8, 4) is 0 Å². The van der Waals surface area contributed by atoms with Crippen LogP contribution >= 0.6 is 0 Å². The van der Waals surface area contributed by atoms with Crippen molar-refractivity contribution in [3.05, 3.63) is 29.8 Å². The minimum atomic E-state index is -3.26. The monoisotopic (exact) mass is 310 g/mol. The van der Waals surface area contributed by atoms with Gasteiger partial charge in [-0.15, -0.1) is 0 Å². The van der Waals surface area contributed by atoms with Crippen molar-refractivity contribution < 1.29 is 18.0 Å². The molecule has 1 aliphatic rings. The van der Waals surface area contributed by atoms with Crippen molar-refractivity contribution in [1.82, 2.24) is 9.80 Å². The number of amides is 2. The average molecular weight is 310 g/mol. The molecule has 0 aromatic heterocycles. The standard InChI is InChI=1S/C14H18N2O4S/c1-11(17)15-7-9-16(10-8-15)14(18)12-3-5-13(6-4-12)21(2,19)20/h3-6H,7-10H2,1-2H3. The Kier molecular flexibility index (Phi) is 4.32. The first-order valence-electron chi connectivity index (χ1n) is 6.64. The van der Waals surface area contributed by atoms with Gasteiger partial charge in [0, 0.05) is 44.9 Å². The van der Waals surface area contributed by atoms with Gasteiger partial charge in [0.25, 0.3) is 5.91 Å². The summed E-state index contributed by atoms with van der Waals surface area (Å²) in [6, 6.07) is 5.93. The van der Waals surface area contributed by atoms with Gasteiger partial charge in [0.15, 0.2) is 9.84 Å². The molecule has 7 heteroatoms. The van der Waals surface area contributed by atoms with E-state index in [1.807, 2.05) is 0 Å². The van der Waals surface area contributed by atoms with Gasteiger partial charge in [-0.25, -0.2) is 8.42 Å². The SMILES string of the molecule is CC(=O)N1CCN(C(=O)c2ccc(S(C)(=O)=O)cc2)CC1. The summed E-state index contributed by atoms with van der Waals surface area (Å²) in [7, 11) is -3.26. The summed E-state index contributed by atoms with van der Waals surface area (Å²) in [6.45, 7) is 3.56. The van der Waals surface area contributed by atoms with Crippen molar-refractivity contribution in [2.24, 2.45) is 0 Å². The van der Waals surface area contributed by atoms with Crippen LogP contribution in [0.3, 0.4) is 0 Å². The molecule has 1 saturated heterocycles. The molecule has 0 unspecified atom stereocenters. The van der Waals surface area contributed by atoms with Gasteiger partial charge in [0.1, 0.15) is 0 Å². The fourth-order valence-corrected chi connectivity index (χ4v) is 2.88. The Morgan fingerprint density at radius 3 is 1.86 bits per heavy atom. The maximum atomic E-state index is 12.3. The summed E-state index contributed by atoms with van der Waals surface area (Å²) in [4.78, 5) is 27.1. The summed E-state index contributed by atoms with van der Waals surface area (Å²) in [5, 5.41) is 0. The molecule has 0 bridgehead atoms. The van der Waals surface area contributed by atoms with Gasteiger partial charge in [-0.2, -0.15) is 0 Å². The molecule has 6 nitrogen and oxygen atoms in total. The van der Waals surface area contributed by atoms with Crippen molar-refractivity contribution in [3.63, 3.8) is 0 Å². The Bertz CT molecular complexity index is 644. The van der Waals surface area contributed by atoms with Crippen molar-refractivity contribution in [2.45, 2.75) is 11.8 Å². The first kappa shape index (κ1) is 15.5. The normalized spacial score (nSPS) is 15.9. The Morgan fingerprint density at radius 1 is 0.952 bits per heavy atom. The first-order chi connectivity index (χ1) is 9.79. The molecular weight excluding hydrogens is 292 g/mol. The summed E-state index contributed by atoms with van der Waals surface area (Å²) < 4.78 is 22.8. The van der Waals surface area contributed by atoms with Gasteiger partial charge in [0.05, 0.1) is 4.90 Å². The summed E-state index contributed by atoms with van der Waals surface area (Å²) in [5.41, 5.74) is 0.457. The second-order valence-corrected chi connectivity index (χ2v) is 7.11. The molecule has 2 rings (SSSR count). The van der Waals surface area contributed by atoms with Gasteiger partial charge in [-0.3, -0.25) is 9.59 Å². The largest absolute Gasteiger partial charge is 0.339 e. The highest BCUT2D eigenvalue weighted by atomic mass is 32.2. The third kappa shape index (κ3) is 3.60. The number of sulfone groups is 1. The quantitative estimate of drug-likeness (QED) is 0.792. The number of hydrogen-bond acceptors (Lipinski definition) is 4. The van der Waals surface area contributed by atoms with E-state index in [1.54, 1.807) is 9.80 Å². The highest BCUT2D eigenvalue weighted by Gasteiger charge is 2.23. The van der Waals surface area contributed by atoms with Crippen LogP contribution in [0.5, 0.6) is 0 Å². The van der Waals surface area contributed by atoms with E-state index in [9.17, 15) is 18.0 Å². The smallest absolute Gasteiger partial charge is 0.253 e. The summed E-state index contributed by atoms with van der Waals surface area (Å²) in [5.74, 6) is -0.127. The highest BCUT2D eigenvalue weighted by molar-refractivity contribution is 7.90. The Hall–Kier alpha value is -1.89. The molecule has 0 saturated carbocycles. The molecule has 1 aliphatic heterocycles. The van der Waals surface area contributed by atoms with Crippen LogP contribution in [0.25, 0.3) is 0 Å². The molecule has 1 aromatic rings. The lowest BCUT2D eigenvalue weighted by atomic mass is 10.2. The molecule has 0 aliphatic carbocycles. The molecule has 2 amide bonds. The minimum absolute atomic E-state index is 0.0135. The van der Waals surface area contributed by atoms with Crippen LogP contribution in [0, 0.1) is 0 Å². The highest BCUT2D eigenvalue weighted by Crippen LogP contribution is 2.13. The molecule has 0 N–H and O–H groups in total. The van der Waals surface area contributed by atoms with Crippen LogP contribution in [0.15, 0.2) is 29.2 Å². The van der Waals surface area contributed by atoms with Crippen LogP contribution in [0.4, 0.5) is 0 Å². The van der Waals surface area contributed by atoms with Gasteiger partial charge < -0.3 is 9.80 Å². The lowest BCUT2D eigenvalue weighted by Gasteiger charge is -2.34. The van der Waals surface area contributed by atoms with Gasteiger partial charge in [-0.1, -0.05) is 0 Å². The van der Waals surface area contributed by atoms with Gasteiger partial charge in [-0.05, 0) is 24.3 Å². The van der Waals surface area contributed by atoms with E-state index in [1.165, 1.54) is 31.2 Å². The summed E-state index contributed by atoms with van der Waals surface area (Å²) >= 11 is 0. The lowest BCUT2D eigenvalue weighted by Crippen LogP contribution is -2.50. The number of piperazine rings is 1. The van der Waals surface area contributed by atoms with E-state index >= 15 is 0 Å². The van der Waals surface area contributed by atoms with E-state index < -0.39 is 9.84 Å². The first-order valence-corrected chi connectivity index (χ1v) is 8.53. The topological polar surface area (TPSA) is 74.8 Å². The van der Waals surface area contributed by atoms with E-state index in [4.69, 9.17) is 0 Å². The van der Waals surface area contributed by atoms with Gasteiger partial charge in [0.2, 0.25) is 5.91 Å². The Balaban J connectivity index is 2.06. The van der Waals surface area contributed by atoms with Crippen LogP contribution < -0.4 is 0 Å². The van der Waals surface area contributed by atoms with E-state index in [0.29, 0.717) is 31.7 Å². The van der Waals surface area contributed by atoms with E-state index in [-0.39, 0.29) is 16.7 Å². The second-order valence-electron chi connectivity index (χ2n) is 5.09. The molecule has 114 valence electrons. The lowest BCUT2D eigenvalue weighted by molar-refractivity contribution is -0.130. The van der Waals surface area contributed by atoms with Crippen molar-refractivity contribution >= 4 is 21.7 Å². The van der Waals surface area contributed by atoms with Crippen LogP contribution in [0.2, 0.25) is 0 Å². The number of carbonyl (C=O) groups is 2. The van der Waals surface area contributed by atoms with E-state index in [0.717, 1.165) is 6.26 Å². The van der Waals surface area contributed by atoms with Crippen molar-refractivity contribution in [2.75, 3.05) is 32.4 Å². The number of carbonyl (C=O) groups excluding carboxylic acids is 2. The average Bonchev–Trinajstić information content (AvgIpc) is 2.46. The molecule has 21 heavy (non-hydrogen) atoms. The predicted octanol–water partition coefficient (Wildman–Crippen LogP) is 0.394. The summed E-state index contributed by atoms with van der Waals surface area (Å²) in [6.07, 6.45) is 1.13. The third-order valence-electron chi connectivity index (χ3n) is 3.54. The minimum Gasteiger partial charge on any atom is -0.339 e. The predicted molar refractivity (Wildman–Crippen MR) is 77.7 cm³/mol. The third-order valence-corrected chi connectivity index (χ3v) is 4.67. The fraction of sp³-hybridized carbons (Fsp3) is 0.429. The molecule has 1 aromatic carbocycles. The zero-order chi connectivity index (χ0) is 15.6. The number of rotatable bonds is 2. The van der Waals surface area contributed by atoms with Crippen molar-refractivity contribution in [1.29, 1.82) is 0 Å². The maximum Gasteiger partial charge on any atom is 0.253 e. The van der Waals surface area contributed by atoms with Gasteiger partial charge >= 0.3 is 0 Å². The fourth-order valence-electron chi connectivity index (χ4n) is 2.25. The van der Waals surface area contributed by atoms with E-state index in [2.05, 4.69) is 0 Å². The molecular formula is C14H18N2O4S. The zero-order valence-corrected chi connectivity index (χ0v) is 12.9. The number of benzene rings is 1.